The van der Waals surface area contributed by atoms with E-state index in [4.69, 9.17) is 0 Å². The van der Waals surface area contributed by atoms with Crippen LogP contribution in [0.1, 0.15) is 127 Å². The minimum Gasteiger partial charge on any atom is -0.507 e. The van der Waals surface area contributed by atoms with Crippen LogP contribution >= 0.6 is 0 Å². The van der Waals surface area contributed by atoms with Gasteiger partial charge in [-0.2, -0.15) is 0 Å². The third kappa shape index (κ3) is 7.16. The van der Waals surface area contributed by atoms with Crippen molar-refractivity contribution in [2.75, 3.05) is 0 Å². The minimum atomic E-state index is 0.668. The number of hydrogen-bond donors (Lipinski definition) is 1. The number of rotatable bonds is 15. The Morgan fingerprint density at radius 2 is 0.815 bits per heavy atom. The SMILES string of the molecule is CCCCCCCc1c(O)c(CCC)c(CCC)c(CCC)c1CCCC. The number of unbranched alkanes of at least 4 members (excludes halogenated alkanes) is 5. The van der Waals surface area contributed by atoms with Crippen molar-refractivity contribution < 1.29 is 5.11 Å². The molecule has 1 aromatic rings. The van der Waals surface area contributed by atoms with Crippen LogP contribution in [0.25, 0.3) is 0 Å². The molecule has 0 bridgehead atoms. The monoisotopic (exact) mass is 374 g/mol. The Bertz CT molecular complexity index is 530. The molecular weight excluding hydrogens is 328 g/mol. The van der Waals surface area contributed by atoms with Crippen molar-refractivity contribution in [1.29, 1.82) is 0 Å². The lowest BCUT2D eigenvalue weighted by atomic mass is 9.81. The van der Waals surface area contributed by atoms with Gasteiger partial charge in [0.05, 0.1) is 0 Å². The molecule has 0 atom stereocenters. The second kappa shape index (κ2) is 14.1. The minimum absolute atomic E-state index is 0.668. The van der Waals surface area contributed by atoms with Gasteiger partial charge in [0.2, 0.25) is 0 Å². The lowest BCUT2D eigenvalue weighted by Gasteiger charge is -2.25. The lowest BCUT2D eigenvalue weighted by molar-refractivity contribution is 0.454. The van der Waals surface area contributed by atoms with Crippen molar-refractivity contribution in [3.05, 3.63) is 27.8 Å². The first-order valence-electron chi connectivity index (χ1n) is 12.0. The summed E-state index contributed by atoms with van der Waals surface area (Å²) in [6.07, 6.45) is 17.9. The van der Waals surface area contributed by atoms with Gasteiger partial charge in [0.25, 0.3) is 0 Å². The Kier molecular flexibility index (Phi) is 12.5. The molecule has 0 saturated heterocycles. The van der Waals surface area contributed by atoms with Crippen LogP contribution in [0.5, 0.6) is 5.75 Å². The predicted molar refractivity (Wildman–Crippen MR) is 121 cm³/mol. The number of phenolic OH excluding ortho intramolecular Hbond substituents is 1. The highest BCUT2D eigenvalue weighted by Gasteiger charge is 2.21. The Balaban J connectivity index is 3.36. The molecular formula is C26H46O. The van der Waals surface area contributed by atoms with E-state index in [0.29, 0.717) is 5.75 Å². The maximum atomic E-state index is 11.3. The average Bonchev–Trinajstić information content (AvgIpc) is 2.66. The zero-order chi connectivity index (χ0) is 20.1. The molecule has 0 aliphatic heterocycles. The average molecular weight is 375 g/mol. The predicted octanol–water partition coefficient (Wildman–Crippen LogP) is 8.11. The van der Waals surface area contributed by atoms with E-state index in [1.54, 1.807) is 5.56 Å². The molecule has 0 radical (unpaired) electrons. The Labute approximate surface area is 170 Å². The number of aromatic hydroxyl groups is 1. The molecule has 0 aromatic heterocycles. The van der Waals surface area contributed by atoms with Crippen molar-refractivity contribution in [3.63, 3.8) is 0 Å². The molecule has 1 heteroatoms. The van der Waals surface area contributed by atoms with Gasteiger partial charge in [-0.1, -0.05) is 86.0 Å². The Morgan fingerprint density at radius 3 is 1.37 bits per heavy atom. The molecule has 0 fully saturated rings. The van der Waals surface area contributed by atoms with E-state index in [0.717, 1.165) is 38.5 Å². The van der Waals surface area contributed by atoms with Crippen LogP contribution in [0.15, 0.2) is 0 Å². The summed E-state index contributed by atoms with van der Waals surface area (Å²) in [4.78, 5) is 0. The molecule has 0 unspecified atom stereocenters. The summed E-state index contributed by atoms with van der Waals surface area (Å²) in [6, 6.07) is 0. The Hall–Kier alpha value is -0.980. The third-order valence-electron chi connectivity index (χ3n) is 5.84. The zero-order valence-corrected chi connectivity index (χ0v) is 19.1. The van der Waals surface area contributed by atoms with E-state index in [-0.39, 0.29) is 0 Å². The first kappa shape index (κ1) is 24.1. The molecule has 1 nitrogen and oxygen atoms in total. The summed E-state index contributed by atoms with van der Waals surface area (Å²) in [5, 5.41) is 11.3. The van der Waals surface area contributed by atoms with E-state index in [2.05, 4.69) is 34.6 Å². The van der Waals surface area contributed by atoms with Crippen LogP contribution in [0.4, 0.5) is 0 Å². The maximum absolute atomic E-state index is 11.3. The quantitative estimate of drug-likeness (QED) is 0.307. The molecule has 0 spiro atoms. The largest absolute Gasteiger partial charge is 0.507 e. The summed E-state index contributed by atoms with van der Waals surface area (Å²) in [5.74, 6) is 0.668. The summed E-state index contributed by atoms with van der Waals surface area (Å²) >= 11 is 0. The fourth-order valence-electron chi connectivity index (χ4n) is 4.47. The molecule has 0 saturated carbocycles. The first-order valence-corrected chi connectivity index (χ1v) is 12.0. The summed E-state index contributed by atoms with van der Waals surface area (Å²) in [7, 11) is 0. The van der Waals surface area contributed by atoms with Gasteiger partial charge < -0.3 is 5.11 Å². The molecule has 1 rings (SSSR count). The standard InChI is InChI=1S/C26H46O/c1-6-11-13-14-15-20-25-23(19-12-7-2)21(16-8-3)22(17-9-4)24(18-10-5)26(25)27/h27H,6-20H2,1-5H3. The van der Waals surface area contributed by atoms with Crippen LogP contribution in [-0.4, -0.2) is 5.11 Å². The van der Waals surface area contributed by atoms with Crippen molar-refractivity contribution in [1.82, 2.24) is 0 Å². The zero-order valence-electron chi connectivity index (χ0n) is 19.1. The van der Waals surface area contributed by atoms with Crippen molar-refractivity contribution in [3.8, 4) is 5.75 Å². The summed E-state index contributed by atoms with van der Waals surface area (Å²) in [5.41, 5.74) is 7.23. The summed E-state index contributed by atoms with van der Waals surface area (Å²) < 4.78 is 0. The molecule has 1 N–H and O–H groups in total. The van der Waals surface area contributed by atoms with E-state index < -0.39 is 0 Å². The molecule has 0 aliphatic rings. The third-order valence-corrected chi connectivity index (χ3v) is 5.84. The van der Waals surface area contributed by atoms with E-state index >= 15 is 0 Å². The van der Waals surface area contributed by atoms with Crippen molar-refractivity contribution in [2.45, 2.75) is 131 Å². The number of hydrogen-bond acceptors (Lipinski definition) is 1. The van der Waals surface area contributed by atoms with E-state index in [1.165, 1.54) is 80.0 Å². The van der Waals surface area contributed by atoms with Crippen molar-refractivity contribution >= 4 is 0 Å². The normalized spacial score (nSPS) is 11.3. The van der Waals surface area contributed by atoms with Gasteiger partial charge in [0.15, 0.2) is 0 Å². The van der Waals surface area contributed by atoms with Gasteiger partial charge in [0.1, 0.15) is 5.75 Å². The Morgan fingerprint density at radius 1 is 0.407 bits per heavy atom. The first-order chi connectivity index (χ1) is 13.2. The number of phenols is 1. The van der Waals surface area contributed by atoms with Gasteiger partial charge in [-0.25, -0.2) is 0 Å². The molecule has 1 aromatic carbocycles. The highest BCUT2D eigenvalue weighted by molar-refractivity contribution is 5.56. The smallest absolute Gasteiger partial charge is 0.122 e. The molecule has 0 aliphatic carbocycles. The topological polar surface area (TPSA) is 20.2 Å². The van der Waals surface area contributed by atoms with Crippen LogP contribution in [0.2, 0.25) is 0 Å². The van der Waals surface area contributed by atoms with Gasteiger partial charge in [-0.15, -0.1) is 0 Å². The van der Waals surface area contributed by atoms with Crippen LogP contribution in [-0.2, 0) is 32.1 Å². The maximum Gasteiger partial charge on any atom is 0.122 e. The fourth-order valence-corrected chi connectivity index (χ4v) is 4.47. The summed E-state index contributed by atoms with van der Waals surface area (Å²) in [6.45, 7) is 11.4. The molecule has 27 heavy (non-hydrogen) atoms. The molecule has 0 heterocycles. The molecule has 156 valence electrons. The highest BCUT2D eigenvalue weighted by Crippen LogP contribution is 2.38. The van der Waals surface area contributed by atoms with Gasteiger partial charge in [-0.05, 0) is 72.8 Å². The van der Waals surface area contributed by atoms with Gasteiger partial charge >= 0.3 is 0 Å². The number of benzene rings is 1. The van der Waals surface area contributed by atoms with Crippen LogP contribution in [0.3, 0.4) is 0 Å². The van der Waals surface area contributed by atoms with Crippen LogP contribution in [0, 0.1) is 0 Å². The van der Waals surface area contributed by atoms with Crippen LogP contribution < -0.4 is 0 Å². The second-order valence-corrected chi connectivity index (χ2v) is 8.26. The van der Waals surface area contributed by atoms with E-state index in [9.17, 15) is 5.11 Å². The van der Waals surface area contributed by atoms with Gasteiger partial charge in [-0.3, -0.25) is 0 Å². The fraction of sp³-hybridized carbons (Fsp3) is 0.769. The second-order valence-electron chi connectivity index (χ2n) is 8.26. The molecule has 0 amide bonds. The van der Waals surface area contributed by atoms with Crippen molar-refractivity contribution in [2.24, 2.45) is 0 Å². The highest BCUT2D eigenvalue weighted by atomic mass is 16.3. The lowest BCUT2D eigenvalue weighted by Crippen LogP contribution is -2.10. The van der Waals surface area contributed by atoms with E-state index in [1.807, 2.05) is 0 Å². The van der Waals surface area contributed by atoms with Gasteiger partial charge in [0, 0.05) is 0 Å².